The maximum Gasteiger partial charge on any atom is 0.421 e. The van der Waals surface area contributed by atoms with Gasteiger partial charge in [0.05, 0.1) is 16.1 Å². The third-order valence-electron chi connectivity index (χ3n) is 3.13. The van der Waals surface area contributed by atoms with E-state index >= 15 is 0 Å². The molecule has 0 aliphatic heterocycles. The minimum absolute atomic E-state index is 0.311. The number of hydrogen-bond donors (Lipinski definition) is 1. The van der Waals surface area contributed by atoms with Gasteiger partial charge in [0.25, 0.3) is 10.0 Å². The number of rotatable bonds is 3. The molecule has 0 bridgehead atoms. The number of nitriles is 1. The van der Waals surface area contributed by atoms with Crippen LogP contribution in [0.5, 0.6) is 0 Å². The van der Waals surface area contributed by atoms with Crippen molar-refractivity contribution in [2.75, 3.05) is 4.72 Å². The Hall–Kier alpha value is -2.60. The lowest BCUT2D eigenvalue weighted by Gasteiger charge is -2.17. The van der Waals surface area contributed by atoms with E-state index in [1.807, 2.05) is 0 Å². The van der Waals surface area contributed by atoms with E-state index in [4.69, 9.17) is 5.26 Å². The van der Waals surface area contributed by atoms with Gasteiger partial charge in [0, 0.05) is 0 Å². The molecular weight excluding hydrogens is 348 g/mol. The topological polar surface area (TPSA) is 70.0 Å². The number of anilines is 1. The smallest absolute Gasteiger partial charge is 0.278 e. The summed E-state index contributed by atoms with van der Waals surface area (Å²) in [6, 6.07) is 7.95. The molecule has 0 aliphatic carbocycles. The molecule has 0 heterocycles. The van der Waals surface area contributed by atoms with Crippen LogP contribution in [0.2, 0.25) is 0 Å². The standard InChI is InChI=1S/C15H10F4N2O2S/c1-9-2-5-11(6-3-9)24(22,23)21-14-10(8-20)4-7-12(16)13(14)15(17,18)19/h2-7,21H,1H3. The second-order valence-corrected chi connectivity index (χ2v) is 6.56. The number of nitrogens with zero attached hydrogens (tertiary/aromatic N) is 1. The van der Waals surface area contributed by atoms with E-state index in [-0.39, 0.29) is 4.90 Å². The molecule has 0 aromatic heterocycles. The van der Waals surface area contributed by atoms with Crippen molar-refractivity contribution in [1.82, 2.24) is 0 Å². The maximum absolute atomic E-state index is 13.6. The highest BCUT2D eigenvalue weighted by Crippen LogP contribution is 2.39. The quantitative estimate of drug-likeness (QED) is 0.848. The van der Waals surface area contributed by atoms with E-state index in [0.29, 0.717) is 6.07 Å². The van der Waals surface area contributed by atoms with Crippen molar-refractivity contribution in [2.45, 2.75) is 18.0 Å². The zero-order valence-electron chi connectivity index (χ0n) is 12.1. The summed E-state index contributed by atoms with van der Waals surface area (Å²) >= 11 is 0. The molecule has 0 spiro atoms. The summed E-state index contributed by atoms with van der Waals surface area (Å²) in [5, 5.41) is 8.93. The highest BCUT2D eigenvalue weighted by Gasteiger charge is 2.39. The Labute approximate surface area is 135 Å². The minimum Gasteiger partial charge on any atom is -0.278 e. The van der Waals surface area contributed by atoms with Crippen LogP contribution in [0, 0.1) is 24.1 Å². The summed E-state index contributed by atoms with van der Waals surface area (Å²) in [5.41, 5.74) is -2.87. The average Bonchev–Trinajstić information content (AvgIpc) is 2.46. The van der Waals surface area contributed by atoms with Gasteiger partial charge in [-0.25, -0.2) is 12.8 Å². The number of aryl methyl sites for hydroxylation is 1. The van der Waals surface area contributed by atoms with Crippen molar-refractivity contribution < 1.29 is 26.0 Å². The number of sulfonamides is 1. The van der Waals surface area contributed by atoms with E-state index in [9.17, 15) is 26.0 Å². The molecule has 2 aromatic rings. The molecule has 0 atom stereocenters. The van der Waals surface area contributed by atoms with Gasteiger partial charge in [0.15, 0.2) is 0 Å². The van der Waals surface area contributed by atoms with Gasteiger partial charge in [-0.15, -0.1) is 0 Å². The highest BCUT2D eigenvalue weighted by molar-refractivity contribution is 7.92. The molecule has 2 rings (SSSR count). The Morgan fingerprint density at radius 3 is 2.17 bits per heavy atom. The molecule has 0 aliphatic rings. The molecule has 0 fully saturated rings. The van der Waals surface area contributed by atoms with Crippen LogP contribution >= 0.6 is 0 Å². The predicted molar refractivity (Wildman–Crippen MR) is 78.1 cm³/mol. The number of hydrogen-bond acceptors (Lipinski definition) is 3. The molecular formula is C15H10F4N2O2S. The first-order valence-corrected chi connectivity index (χ1v) is 7.94. The van der Waals surface area contributed by atoms with Gasteiger partial charge in [0.1, 0.15) is 17.4 Å². The first-order valence-electron chi connectivity index (χ1n) is 6.45. The fourth-order valence-electron chi connectivity index (χ4n) is 1.96. The summed E-state index contributed by atoms with van der Waals surface area (Å²) < 4.78 is 79.0. The van der Waals surface area contributed by atoms with Crippen LogP contribution in [0.15, 0.2) is 41.3 Å². The number of alkyl halides is 3. The fourth-order valence-corrected chi connectivity index (χ4v) is 3.06. The van der Waals surface area contributed by atoms with E-state index in [0.717, 1.165) is 11.6 Å². The Balaban J connectivity index is 2.63. The summed E-state index contributed by atoms with van der Waals surface area (Å²) in [6.07, 6.45) is -5.18. The molecule has 0 unspecified atom stereocenters. The Morgan fingerprint density at radius 2 is 1.67 bits per heavy atom. The molecule has 9 heteroatoms. The molecule has 0 radical (unpaired) electrons. The number of nitrogens with one attached hydrogen (secondary N) is 1. The third kappa shape index (κ3) is 3.49. The number of halogens is 4. The fraction of sp³-hybridized carbons (Fsp3) is 0.133. The van der Waals surface area contributed by atoms with Crippen molar-refractivity contribution >= 4 is 15.7 Å². The van der Waals surface area contributed by atoms with Crippen molar-refractivity contribution in [3.8, 4) is 6.07 Å². The second-order valence-electron chi connectivity index (χ2n) is 4.87. The van der Waals surface area contributed by atoms with E-state index in [1.54, 1.807) is 11.6 Å². The van der Waals surface area contributed by atoms with Gasteiger partial charge in [-0.3, -0.25) is 4.72 Å². The molecule has 4 nitrogen and oxygen atoms in total. The molecule has 0 saturated heterocycles. The lowest BCUT2D eigenvalue weighted by molar-refractivity contribution is -0.139. The van der Waals surface area contributed by atoms with Gasteiger partial charge in [-0.1, -0.05) is 17.7 Å². The summed E-state index contributed by atoms with van der Waals surface area (Å²) in [5.74, 6) is -1.68. The first kappa shape index (κ1) is 17.7. The Kier molecular flexibility index (Phi) is 4.53. The predicted octanol–water partition coefficient (Wildman–Crippen LogP) is 3.83. The SMILES string of the molecule is Cc1ccc(S(=O)(=O)Nc2c(C#N)ccc(F)c2C(F)(F)F)cc1. The van der Waals surface area contributed by atoms with E-state index in [2.05, 4.69) is 0 Å². The maximum atomic E-state index is 13.6. The van der Waals surface area contributed by atoms with Crippen LogP contribution in [-0.2, 0) is 16.2 Å². The van der Waals surface area contributed by atoms with Gasteiger partial charge in [0.2, 0.25) is 0 Å². The molecule has 2 aromatic carbocycles. The normalized spacial score (nSPS) is 11.8. The largest absolute Gasteiger partial charge is 0.421 e. The Bertz CT molecular complexity index is 914. The lowest BCUT2D eigenvalue weighted by Crippen LogP contribution is -2.19. The van der Waals surface area contributed by atoms with E-state index in [1.165, 1.54) is 30.3 Å². The zero-order chi connectivity index (χ0) is 18.1. The molecule has 24 heavy (non-hydrogen) atoms. The zero-order valence-corrected chi connectivity index (χ0v) is 13.0. The molecule has 126 valence electrons. The van der Waals surface area contributed by atoms with Crippen LogP contribution in [-0.4, -0.2) is 8.42 Å². The van der Waals surface area contributed by atoms with Gasteiger partial charge in [-0.2, -0.15) is 18.4 Å². The van der Waals surface area contributed by atoms with Crippen molar-refractivity contribution in [2.24, 2.45) is 0 Å². The third-order valence-corrected chi connectivity index (χ3v) is 4.49. The molecule has 1 N–H and O–H groups in total. The average molecular weight is 358 g/mol. The molecule has 0 amide bonds. The van der Waals surface area contributed by atoms with Gasteiger partial charge < -0.3 is 0 Å². The van der Waals surface area contributed by atoms with E-state index < -0.39 is 38.8 Å². The number of benzene rings is 2. The monoisotopic (exact) mass is 358 g/mol. The minimum atomic E-state index is -5.18. The van der Waals surface area contributed by atoms with Crippen LogP contribution in [0.25, 0.3) is 0 Å². The second kappa shape index (κ2) is 6.13. The van der Waals surface area contributed by atoms with Crippen LogP contribution in [0.3, 0.4) is 0 Å². The lowest BCUT2D eigenvalue weighted by atomic mass is 10.1. The van der Waals surface area contributed by atoms with Gasteiger partial charge >= 0.3 is 6.18 Å². The Morgan fingerprint density at radius 1 is 1.08 bits per heavy atom. The highest BCUT2D eigenvalue weighted by atomic mass is 32.2. The summed E-state index contributed by atoms with van der Waals surface area (Å²) in [6.45, 7) is 1.70. The first-order chi connectivity index (χ1) is 11.1. The summed E-state index contributed by atoms with van der Waals surface area (Å²) in [7, 11) is -4.43. The summed E-state index contributed by atoms with van der Waals surface area (Å²) in [4.78, 5) is -0.311. The van der Waals surface area contributed by atoms with Crippen LogP contribution in [0.1, 0.15) is 16.7 Å². The van der Waals surface area contributed by atoms with Crippen molar-refractivity contribution in [3.63, 3.8) is 0 Å². The molecule has 0 saturated carbocycles. The van der Waals surface area contributed by atoms with Gasteiger partial charge in [-0.05, 0) is 31.2 Å². The van der Waals surface area contributed by atoms with Crippen LogP contribution < -0.4 is 4.72 Å². The van der Waals surface area contributed by atoms with Crippen molar-refractivity contribution in [3.05, 3.63) is 58.9 Å². The van der Waals surface area contributed by atoms with Crippen molar-refractivity contribution in [1.29, 1.82) is 5.26 Å². The van der Waals surface area contributed by atoms with Crippen LogP contribution in [0.4, 0.5) is 23.2 Å².